The lowest BCUT2D eigenvalue weighted by Crippen LogP contribution is -2.49. The fourth-order valence-corrected chi connectivity index (χ4v) is 3.95. The van der Waals surface area contributed by atoms with E-state index in [9.17, 15) is 4.79 Å². The van der Waals surface area contributed by atoms with Crippen LogP contribution in [0.15, 0.2) is 52.3 Å². The van der Waals surface area contributed by atoms with Gasteiger partial charge in [0.1, 0.15) is 5.76 Å². The molecule has 3 heterocycles. The Hall–Kier alpha value is -2.60. The zero-order chi connectivity index (χ0) is 17.9. The van der Waals surface area contributed by atoms with Gasteiger partial charge in [-0.3, -0.25) is 4.79 Å². The van der Waals surface area contributed by atoms with Gasteiger partial charge in [-0.1, -0.05) is 18.2 Å². The fraction of sp³-hybridized carbons (Fsp3) is 0.300. The summed E-state index contributed by atoms with van der Waals surface area (Å²) in [7, 11) is 0. The van der Waals surface area contributed by atoms with Crippen molar-refractivity contribution in [2.45, 2.75) is 13.3 Å². The van der Waals surface area contributed by atoms with Gasteiger partial charge in [0, 0.05) is 37.2 Å². The van der Waals surface area contributed by atoms with Gasteiger partial charge in [0.2, 0.25) is 5.91 Å². The number of rotatable bonds is 4. The van der Waals surface area contributed by atoms with Crippen LogP contribution in [-0.4, -0.2) is 42.0 Å². The number of para-hydroxylation sites is 1. The number of benzene rings is 1. The number of anilines is 1. The highest BCUT2D eigenvalue weighted by Crippen LogP contribution is 2.26. The van der Waals surface area contributed by atoms with Gasteiger partial charge in [0.15, 0.2) is 10.8 Å². The van der Waals surface area contributed by atoms with E-state index in [0.29, 0.717) is 6.42 Å². The SMILES string of the molecule is Cc1ccc(-c2nc(CC(=O)N3CCN(c4ccccc4)CC3)cs2)o1. The number of hydrogen-bond donors (Lipinski definition) is 0. The van der Waals surface area contributed by atoms with E-state index in [2.05, 4.69) is 22.0 Å². The number of aryl methyl sites for hydroxylation is 1. The Morgan fingerprint density at radius 2 is 1.88 bits per heavy atom. The van der Waals surface area contributed by atoms with Crippen LogP contribution in [0.2, 0.25) is 0 Å². The van der Waals surface area contributed by atoms with Crippen molar-refractivity contribution in [1.29, 1.82) is 0 Å². The summed E-state index contributed by atoms with van der Waals surface area (Å²) < 4.78 is 5.61. The van der Waals surface area contributed by atoms with Crippen LogP contribution in [0.4, 0.5) is 5.69 Å². The molecule has 0 atom stereocenters. The van der Waals surface area contributed by atoms with E-state index < -0.39 is 0 Å². The lowest BCUT2D eigenvalue weighted by atomic mass is 10.2. The number of aromatic nitrogens is 1. The molecule has 1 aliphatic heterocycles. The molecule has 4 rings (SSSR count). The molecule has 1 fully saturated rings. The second-order valence-corrected chi connectivity index (χ2v) is 7.29. The van der Waals surface area contributed by atoms with Crippen LogP contribution in [0.1, 0.15) is 11.5 Å². The Kier molecular flexibility index (Phi) is 4.75. The van der Waals surface area contributed by atoms with Crippen molar-refractivity contribution in [1.82, 2.24) is 9.88 Å². The Morgan fingerprint density at radius 1 is 1.12 bits per heavy atom. The summed E-state index contributed by atoms with van der Waals surface area (Å²) in [4.78, 5) is 21.4. The zero-order valence-corrected chi connectivity index (χ0v) is 15.5. The third kappa shape index (κ3) is 3.65. The molecule has 2 aromatic heterocycles. The second kappa shape index (κ2) is 7.33. The van der Waals surface area contributed by atoms with E-state index in [1.54, 1.807) is 0 Å². The molecule has 0 aliphatic carbocycles. The summed E-state index contributed by atoms with van der Waals surface area (Å²) in [5.41, 5.74) is 2.03. The third-order valence-corrected chi connectivity index (χ3v) is 5.49. The first kappa shape index (κ1) is 16.8. The first-order chi connectivity index (χ1) is 12.7. The summed E-state index contributed by atoms with van der Waals surface area (Å²) in [6, 6.07) is 14.2. The minimum Gasteiger partial charge on any atom is -0.459 e. The first-order valence-corrected chi connectivity index (χ1v) is 9.66. The number of carbonyl (C=O) groups excluding carboxylic acids is 1. The third-order valence-electron chi connectivity index (χ3n) is 4.59. The standard InChI is InChI=1S/C20H21N3O2S/c1-15-7-8-18(25-15)20-21-16(14-26-20)13-19(24)23-11-9-22(10-12-23)17-5-3-2-4-6-17/h2-8,14H,9-13H2,1H3. The van der Waals surface area contributed by atoms with Crippen LogP contribution in [0, 0.1) is 6.92 Å². The van der Waals surface area contributed by atoms with Crippen molar-refractivity contribution in [3.8, 4) is 10.8 Å². The molecule has 3 aromatic rings. The highest BCUT2D eigenvalue weighted by molar-refractivity contribution is 7.13. The highest BCUT2D eigenvalue weighted by Gasteiger charge is 2.22. The van der Waals surface area contributed by atoms with Gasteiger partial charge < -0.3 is 14.2 Å². The van der Waals surface area contributed by atoms with Gasteiger partial charge >= 0.3 is 0 Å². The van der Waals surface area contributed by atoms with Crippen molar-refractivity contribution in [3.63, 3.8) is 0 Å². The van der Waals surface area contributed by atoms with Gasteiger partial charge in [0.25, 0.3) is 0 Å². The maximum atomic E-state index is 12.6. The smallest absolute Gasteiger partial charge is 0.228 e. The fourth-order valence-electron chi connectivity index (χ4n) is 3.17. The minimum absolute atomic E-state index is 0.144. The average molecular weight is 367 g/mol. The normalized spacial score (nSPS) is 14.7. The predicted molar refractivity (Wildman–Crippen MR) is 103 cm³/mol. The van der Waals surface area contributed by atoms with Crippen molar-refractivity contribution < 1.29 is 9.21 Å². The molecule has 0 unspecified atom stereocenters. The molecular formula is C20H21N3O2S. The van der Waals surface area contributed by atoms with Gasteiger partial charge in [-0.05, 0) is 31.2 Å². The zero-order valence-electron chi connectivity index (χ0n) is 14.7. The van der Waals surface area contributed by atoms with E-state index in [1.807, 2.05) is 47.5 Å². The average Bonchev–Trinajstić information content (AvgIpc) is 3.31. The van der Waals surface area contributed by atoms with Gasteiger partial charge in [-0.25, -0.2) is 4.98 Å². The van der Waals surface area contributed by atoms with E-state index in [-0.39, 0.29) is 5.91 Å². The monoisotopic (exact) mass is 367 g/mol. The van der Waals surface area contributed by atoms with E-state index in [1.165, 1.54) is 17.0 Å². The van der Waals surface area contributed by atoms with Gasteiger partial charge in [-0.2, -0.15) is 0 Å². The number of amides is 1. The van der Waals surface area contributed by atoms with Gasteiger partial charge in [-0.15, -0.1) is 11.3 Å². The van der Waals surface area contributed by atoms with E-state index in [0.717, 1.165) is 48.4 Å². The molecule has 134 valence electrons. The molecule has 1 aromatic carbocycles. The molecule has 6 heteroatoms. The summed E-state index contributed by atoms with van der Waals surface area (Å²) in [6.45, 7) is 5.15. The molecule has 0 radical (unpaired) electrons. The topological polar surface area (TPSA) is 49.6 Å². The van der Waals surface area contributed by atoms with E-state index in [4.69, 9.17) is 4.42 Å². The van der Waals surface area contributed by atoms with Crippen LogP contribution in [0.5, 0.6) is 0 Å². The van der Waals surface area contributed by atoms with Gasteiger partial charge in [0.05, 0.1) is 12.1 Å². The maximum absolute atomic E-state index is 12.6. The summed E-state index contributed by atoms with van der Waals surface area (Å²) in [6.07, 6.45) is 0.349. The molecule has 1 amide bonds. The Balaban J connectivity index is 1.34. The number of hydrogen-bond acceptors (Lipinski definition) is 5. The predicted octanol–water partition coefficient (Wildman–Crippen LogP) is 3.60. The van der Waals surface area contributed by atoms with Crippen molar-refractivity contribution >= 4 is 22.9 Å². The van der Waals surface area contributed by atoms with E-state index >= 15 is 0 Å². The molecule has 0 N–H and O–H groups in total. The van der Waals surface area contributed by atoms with Crippen LogP contribution in [-0.2, 0) is 11.2 Å². The molecule has 1 aliphatic rings. The number of piperazine rings is 1. The second-order valence-electron chi connectivity index (χ2n) is 6.43. The molecule has 0 spiro atoms. The molecule has 1 saturated heterocycles. The summed E-state index contributed by atoms with van der Waals surface area (Å²) >= 11 is 1.52. The Labute approximate surface area is 156 Å². The Morgan fingerprint density at radius 3 is 2.58 bits per heavy atom. The lowest BCUT2D eigenvalue weighted by Gasteiger charge is -2.36. The first-order valence-electron chi connectivity index (χ1n) is 8.78. The summed E-state index contributed by atoms with van der Waals surface area (Å²) in [5.74, 6) is 1.77. The number of nitrogens with zero attached hydrogens (tertiary/aromatic N) is 3. The van der Waals surface area contributed by atoms with Crippen LogP contribution >= 0.6 is 11.3 Å². The van der Waals surface area contributed by atoms with Crippen LogP contribution in [0.25, 0.3) is 10.8 Å². The molecular weight excluding hydrogens is 346 g/mol. The number of carbonyl (C=O) groups is 1. The quantitative estimate of drug-likeness (QED) is 0.707. The number of furan rings is 1. The Bertz CT molecular complexity index is 879. The minimum atomic E-state index is 0.144. The molecule has 5 nitrogen and oxygen atoms in total. The lowest BCUT2D eigenvalue weighted by molar-refractivity contribution is -0.130. The van der Waals surface area contributed by atoms with Crippen molar-refractivity contribution in [2.75, 3.05) is 31.1 Å². The highest BCUT2D eigenvalue weighted by atomic mass is 32.1. The van der Waals surface area contributed by atoms with Crippen molar-refractivity contribution in [2.24, 2.45) is 0 Å². The molecule has 0 bridgehead atoms. The number of thiazole rings is 1. The maximum Gasteiger partial charge on any atom is 0.228 e. The molecule has 26 heavy (non-hydrogen) atoms. The van der Waals surface area contributed by atoms with Crippen LogP contribution in [0.3, 0.4) is 0 Å². The summed E-state index contributed by atoms with van der Waals surface area (Å²) in [5, 5.41) is 2.78. The van der Waals surface area contributed by atoms with Crippen LogP contribution < -0.4 is 4.90 Å². The van der Waals surface area contributed by atoms with Crippen molar-refractivity contribution in [3.05, 3.63) is 59.3 Å². The largest absolute Gasteiger partial charge is 0.459 e. The molecule has 0 saturated carbocycles.